The number of rotatable bonds is 6. The molecule has 0 saturated heterocycles. The Morgan fingerprint density at radius 1 is 1.27 bits per heavy atom. The van der Waals surface area contributed by atoms with Gasteiger partial charge >= 0.3 is 6.18 Å². The number of carbonyl (C=O) groups is 3. The number of hydrogen-bond donors (Lipinski definition) is 0. The van der Waals surface area contributed by atoms with E-state index in [0.29, 0.717) is 23.1 Å². The van der Waals surface area contributed by atoms with E-state index in [9.17, 15) is 27.6 Å². The third kappa shape index (κ3) is 4.51. The normalized spacial score (nSPS) is 20.5. The van der Waals surface area contributed by atoms with E-state index >= 15 is 0 Å². The van der Waals surface area contributed by atoms with Crippen LogP contribution >= 0.6 is 0 Å². The SMILES string of the molecule is CCc1cc(OCC(F)(F)F)cc(C)c1C1C(=O)CC(CC(C)=O)C1=O. The van der Waals surface area contributed by atoms with Crippen LogP contribution in [-0.4, -0.2) is 30.1 Å². The van der Waals surface area contributed by atoms with Crippen molar-refractivity contribution >= 4 is 17.3 Å². The van der Waals surface area contributed by atoms with Crippen LogP contribution in [0.3, 0.4) is 0 Å². The van der Waals surface area contributed by atoms with Gasteiger partial charge < -0.3 is 9.53 Å². The Morgan fingerprint density at radius 3 is 2.46 bits per heavy atom. The highest BCUT2D eigenvalue weighted by molar-refractivity contribution is 6.15. The van der Waals surface area contributed by atoms with Gasteiger partial charge in [-0.3, -0.25) is 9.59 Å². The Kier molecular flexibility index (Phi) is 5.88. The van der Waals surface area contributed by atoms with Gasteiger partial charge in [0.05, 0.1) is 0 Å². The van der Waals surface area contributed by atoms with Crippen LogP contribution in [0.2, 0.25) is 0 Å². The van der Waals surface area contributed by atoms with Crippen LogP contribution in [0.5, 0.6) is 5.75 Å². The van der Waals surface area contributed by atoms with Crippen molar-refractivity contribution in [3.8, 4) is 5.75 Å². The number of hydrogen-bond acceptors (Lipinski definition) is 4. The molecular weight excluding hydrogens is 349 g/mol. The first-order chi connectivity index (χ1) is 12.0. The highest BCUT2D eigenvalue weighted by Crippen LogP contribution is 2.39. The van der Waals surface area contributed by atoms with Gasteiger partial charge in [0.1, 0.15) is 23.2 Å². The molecule has 1 aliphatic rings. The zero-order chi connectivity index (χ0) is 19.6. The monoisotopic (exact) mass is 370 g/mol. The lowest BCUT2D eigenvalue weighted by Gasteiger charge is -2.19. The number of benzene rings is 1. The Bertz CT molecular complexity index is 737. The zero-order valence-corrected chi connectivity index (χ0v) is 14.9. The first-order valence-electron chi connectivity index (χ1n) is 8.42. The fourth-order valence-electron chi connectivity index (χ4n) is 3.47. The molecule has 2 rings (SSSR count). The maximum atomic E-state index is 12.7. The van der Waals surface area contributed by atoms with E-state index < -0.39 is 24.6 Å². The summed E-state index contributed by atoms with van der Waals surface area (Å²) in [6, 6.07) is 2.87. The van der Waals surface area contributed by atoms with Gasteiger partial charge in [-0.1, -0.05) is 6.92 Å². The van der Waals surface area contributed by atoms with E-state index in [1.54, 1.807) is 13.8 Å². The first-order valence-corrected chi connectivity index (χ1v) is 8.42. The van der Waals surface area contributed by atoms with Crippen LogP contribution in [0.25, 0.3) is 0 Å². The molecule has 0 N–H and O–H groups in total. The van der Waals surface area contributed by atoms with Gasteiger partial charge in [0, 0.05) is 18.8 Å². The minimum Gasteiger partial charge on any atom is -0.484 e. The molecule has 1 aromatic rings. The Balaban J connectivity index is 2.35. The van der Waals surface area contributed by atoms with E-state index in [1.807, 2.05) is 0 Å². The van der Waals surface area contributed by atoms with Crippen LogP contribution in [0, 0.1) is 12.8 Å². The molecule has 4 nitrogen and oxygen atoms in total. The molecule has 0 heterocycles. The molecule has 2 unspecified atom stereocenters. The van der Waals surface area contributed by atoms with Gasteiger partial charge in [0.15, 0.2) is 12.4 Å². The second-order valence-corrected chi connectivity index (χ2v) is 6.68. The Hall–Kier alpha value is -2.18. The number of alkyl halides is 3. The molecule has 0 spiro atoms. The Morgan fingerprint density at radius 2 is 1.92 bits per heavy atom. The molecule has 1 aromatic carbocycles. The smallest absolute Gasteiger partial charge is 0.422 e. The minimum atomic E-state index is -4.45. The summed E-state index contributed by atoms with van der Waals surface area (Å²) in [5.41, 5.74) is 1.68. The molecule has 26 heavy (non-hydrogen) atoms. The van der Waals surface area contributed by atoms with Crippen LogP contribution in [0.4, 0.5) is 13.2 Å². The summed E-state index contributed by atoms with van der Waals surface area (Å²) >= 11 is 0. The molecule has 1 saturated carbocycles. The quantitative estimate of drug-likeness (QED) is 0.716. The lowest BCUT2D eigenvalue weighted by Crippen LogP contribution is -2.21. The van der Waals surface area contributed by atoms with Gasteiger partial charge in [-0.15, -0.1) is 0 Å². The van der Waals surface area contributed by atoms with E-state index in [2.05, 4.69) is 0 Å². The van der Waals surface area contributed by atoms with E-state index in [1.165, 1.54) is 19.1 Å². The summed E-state index contributed by atoms with van der Waals surface area (Å²) in [6.07, 6.45) is -3.95. The largest absolute Gasteiger partial charge is 0.484 e. The molecule has 1 aliphatic carbocycles. The Labute approximate surface area is 149 Å². The van der Waals surface area contributed by atoms with Crippen molar-refractivity contribution < 1.29 is 32.3 Å². The molecule has 1 fully saturated rings. The summed E-state index contributed by atoms with van der Waals surface area (Å²) in [5.74, 6) is -2.20. The average molecular weight is 370 g/mol. The molecular formula is C19H21F3O4. The second-order valence-electron chi connectivity index (χ2n) is 6.68. The van der Waals surface area contributed by atoms with Crippen LogP contribution in [0.15, 0.2) is 12.1 Å². The predicted octanol–water partition coefficient (Wildman–Crippen LogP) is 3.72. The molecule has 2 atom stereocenters. The lowest BCUT2D eigenvalue weighted by atomic mass is 9.85. The third-order valence-electron chi connectivity index (χ3n) is 4.51. The van der Waals surface area contributed by atoms with E-state index in [4.69, 9.17) is 4.74 Å². The van der Waals surface area contributed by atoms with Crippen LogP contribution in [-0.2, 0) is 20.8 Å². The predicted molar refractivity (Wildman–Crippen MR) is 88.3 cm³/mol. The van der Waals surface area contributed by atoms with Gasteiger partial charge in [-0.05, 0) is 49.1 Å². The van der Waals surface area contributed by atoms with Crippen molar-refractivity contribution in [3.63, 3.8) is 0 Å². The fourth-order valence-corrected chi connectivity index (χ4v) is 3.47. The van der Waals surface area contributed by atoms with E-state index in [-0.39, 0.29) is 35.9 Å². The highest BCUT2D eigenvalue weighted by atomic mass is 19.4. The maximum Gasteiger partial charge on any atom is 0.422 e. The fraction of sp³-hybridized carbons (Fsp3) is 0.526. The van der Waals surface area contributed by atoms with Crippen LogP contribution < -0.4 is 4.74 Å². The summed E-state index contributed by atoms with van der Waals surface area (Å²) in [7, 11) is 0. The molecule has 0 aliphatic heterocycles. The van der Waals surface area contributed by atoms with Gasteiger partial charge in [0.2, 0.25) is 0 Å². The number of ether oxygens (including phenoxy) is 1. The van der Waals surface area contributed by atoms with Gasteiger partial charge in [-0.2, -0.15) is 13.2 Å². The summed E-state index contributed by atoms with van der Waals surface area (Å²) in [5, 5.41) is 0. The van der Waals surface area contributed by atoms with Crippen molar-refractivity contribution in [2.75, 3.05) is 6.61 Å². The van der Waals surface area contributed by atoms with E-state index in [0.717, 1.165) is 0 Å². The summed E-state index contributed by atoms with van der Waals surface area (Å²) in [6.45, 7) is 3.41. The molecule has 0 bridgehead atoms. The summed E-state index contributed by atoms with van der Waals surface area (Å²) in [4.78, 5) is 36.4. The topological polar surface area (TPSA) is 60.4 Å². The number of carbonyl (C=O) groups excluding carboxylic acids is 3. The van der Waals surface area contributed by atoms with Gasteiger partial charge in [0.25, 0.3) is 0 Å². The average Bonchev–Trinajstić information content (AvgIpc) is 2.78. The van der Waals surface area contributed by atoms with Crippen molar-refractivity contribution in [2.45, 2.75) is 52.1 Å². The van der Waals surface area contributed by atoms with Crippen molar-refractivity contribution in [2.24, 2.45) is 5.92 Å². The lowest BCUT2D eigenvalue weighted by molar-refractivity contribution is -0.153. The minimum absolute atomic E-state index is 0.0258. The molecule has 0 amide bonds. The number of halogens is 3. The molecule has 0 radical (unpaired) electrons. The number of ketones is 3. The molecule has 142 valence electrons. The van der Waals surface area contributed by atoms with Crippen molar-refractivity contribution in [3.05, 3.63) is 28.8 Å². The first kappa shape index (κ1) is 20.1. The zero-order valence-electron chi connectivity index (χ0n) is 14.9. The number of aryl methyl sites for hydroxylation is 2. The number of Topliss-reactive ketones (excluding diaryl/α,β-unsaturated/α-hetero) is 3. The maximum absolute atomic E-state index is 12.7. The van der Waals surface area contributed by atoms with Crippen LogP contribution in [0.1, 0.15) is 49.3 Å². The van der Waals surface area contributed by atoms with Crippen molar-refractivity contribution in [1.82, 2.24) is 0 Å². The van der Waals surface area contributed by atoms with Crippen molar-refractivity contribution in [1.29, 1.82) is 0 Å². The van der Waals surface area contributed by atoms with Gasteiger partial charge in [-0.25, -0.2) is 0 Å². The standard InChI is InChI=1S/C19H21F3O4/c1-4-12-7-14(26-9-19(20,21)22)5-10(2)16(12)17-15(24)8-13(18(17)25)6-11(3)23/h5,7,13,17H,4,6,8-9H2,1-3H3. The third-order valence-corrected chi connectivity index (χ3v) is 4.51. The molecule has 7 heteroatoms. The highest BCUT2D eigenvalue weighted by Gasteiger charge is 2.43. The second kappa shape index (κ2) is 7.60. The molecule has 0 aromatic heterocycles. The summed E-state index contributed by atoms with van der Waals surface area (Å²) < 4.78 is 41.9.